The number of oxazole rings is 1. The number of aromatic nitrogens is 1. The largest absolute Gasteiger partial charge is 0.417 e. The van der Waals surface area contributed by atoms with Gasteiger partial charge in [0.25, 0.3) is 0 Å². The van der Waals surface area contributed by atoms with Crippen LogP contribution in [-0.4, -0.2) is 11.0 Å². The van der Waals surface area contributed by atoms with Crippen molar-refractivity contribution < 1.29 is 4.42 Å². The fourth-order valence-corrected chi connectivity index (χ4v) is 2.49. The molecule has 1 fully saturated rings. The SMILES string of the molecule is CC(N)C1(c2cccc3oc(=O)[nH]c23)CC1. The fraction of sp³-hybridized carbons (Fsp3) is 0.417. The van der Waals surface area contributed by atoms with E-state index in [0.29, 0.717) is 5.58 Å². The minimum atomic E-state index is -0.400. The normalized spacial score (nSPS) is 19.9. The first kappa shape index (κ1) is 9.66. The lowest BCUT2D eigenvalue weighted by molar-refractivity contribution is 0.554. The highest BCUT2D eigenvalue weighted by atomic mass is 16.4. The van der Waals surface area contributed by atoms with Crippen LogP contribution in [0.25, 0.3) is 11.1 Å². The first-order valence-electron chi connectivity index (χ1n) is 5.51. The topological polar surface area (TPSA) is 72.0 Å². The quantitative estimate of drug-likeness (QED) is 0.802. The van der Waals surface area contributed by atoms with Crippen LogP contribution in [0.4, 0.5) is 0 Å². The van der Waals surface area contributed by atoms with Gasteiger partial charge >= 0.3 is 5.76 Å². The van der Waals surface area contributed by atoms with Crippen LogP contribution in [0.3, 0.4) is 0 Å². The molecule has 0 amide bonds. The lowest BCUT2D eigenvalue weighted by atomic mass is 9.89. The van der Waals surface area contributed by atoms with Gasteiger partial charge in [0.15, 0.2) is 5.58 Å². The van der Waals surface area contributed by atoms with Crippen molar-refractivity contribution in [3.05, 3.63) is 34.3 Å². The number of fused-ring (bicyclic) bond motifs is 1. The Balaban J connectivity index is 2.28. The first-order chi connectivity index (χ1) is 7.63. The van der Waals surface area contributed by atoms with E-state index in [2.05, 4.69) is 4.98 Å². The molecular weight excluding hydrogens is 204 g/mol. The average Bonchev–Trinajstić information content (AvgIpc) is 2.94. The monoisotopic (exact) mass is 218 g/mol. The maximum atomic E-state index is 11.2. The molecule has 1 aromatic heterocycles. The summed E-state index contributed by atoms with van der Waals surface area (Å²) in [6.45, 7) is 2.02. The van der Waals surface area contributed by atoms with Crippen LogP contribution in [0.2, 0.25) is 0 Å². The zero-order valence-electron chi connectivity index (χ0n) is 9.12. The molecule has 1 heterocycles. The molecule has 0 radical (unpaired) electrons. The predicted octanol–water partition coefficient (Wildman–Crippen LogP) is 1.50. The van der Waals surface area contributed by atoms with Gasteiger partial charge in [0, 0.05) is 11.5 Å². The van der Waals surface area contributed by atoms with E-state index in [9.17, 15) is 4.79 Å². The molecule has 4 heteroatoms. The second-order valence-electron chi connectivity index (χ2n) is 4.64. The standard InChI is InChI=1S/C12H14N2O2/c1-7(13)12(5-6-12)8-3-2-4-9-10(8)14-11(15)16-9/h2-4,7H,5-6,13H2,1H3,(H,14,15). The number of hydrogen-bond acceptors (Lipinski definition) is 3. The second kappa shape index (κ2) is 2.98. The Labute approximate surface area is 92.4 Å². The zero-order valence-corrected chi connectivity index (χ0v) is 9.12. The third-order valence-corrected chi connectivity index (χ3v) is 3.65. The molecule has 1 aromatic carbocycles. The van der Waals surface area contributed by atoms with E-state index in [-0.39, 0.29) is 11.5 Å². The molecule has 1 atom stereocenters. The third kappa shape index (κ3) is 1.16. The number of aromatic amines is 1. The lowest BCUT2D eigenvalue weighted by Crippen LogP contribution is -2.31. The molecule has 1 aliphatic rings. The number of rotatable bonds is 2. The maximum absolute atomic E-state index is 11.2. The minimum absolute atomic E-state index is 0.0341. The average molecular weight is 218 g/mol. The van der Waals surface area contributed by atoms with Crippen molar-refractivity contribution in [3.63, 3.8) is 0 Å². The Hall–Kier alpha value is -1.55. The van der Waals surface area contributed by atoms with Gasteiger partial charge in [-0.05, 0) is 31.4 Å². The van der Waals surface area contributed by atoms with Crippen LogP contribution in [0.5, 0.6) is 0 Å². The van der Waals surface area contributed by atoms with Gasteiger partial charge in [0.05, 0.1) is 5.52 Å². The smallest absolute Gasteiger partial charge is 0.408 e. The zero-order chi connectivity index (χ0) is 11.3. The molecule has 1 saturated carbocycles. The number of nitrogens with two attached hydrogens (primary N) is 1. The molecule has 84 valence electrons. The van der Waals surface area contributed by atoms with Gasteiger partial charge in [-0.25, -0.2) is 4.79 Å². The second-order valence-corrected chi connectivity index (χ2v) is 4.64. The van der Waals surface area contributed by atoms with E-state index in [4.69, 9.17) is 10.2 Å². The van der Waals surface area contributed by atoms with Crippen molar-refractivity contribution in [1.82, 2.24) is 4.98 Å². The van der Waals surface area contributed by atoms with E-state index in [1.165, 1.54) is 0 Å². The van der Waals surface area contributed by atoms with Gasteiger partial charge in [-0.1, -0.05) is 12.1 Å². The highest BCUT2D eigenvalue weighted by Crippen LogP contribution is 2.51. The van der Waals surface area contributed by atoms with Gasteiger partial charge in [0.2, 0.25) is 0 Å². The fourth-order valence-electron chi connectivity index (χ4n) is 2.49. The molecule has 1 aliphatic carbocycles. The molecule has 0 bridgehead atoms. The number of para-hydroxylation sites is 1. The van der Waals surface area contributed by atoms with Crippen LogP contribution in [0, 0.1) is 0 Å². The third-order valence-electron chi connectivity index (χ3n) is 3.65. The Morgan fingerprint density at radius 1 is 1.50 bits per heavy atom. The summed E-state index contributed by atoms with van der Waals surface area (Å²) in [6.07, 6.45) is 2.16. The van der Waals surface area contributed by atoms with Crippen molar-refractivity contribution in [3.8, 4) is 0 Å². The summed E-state index contributed by atoms with van der Waals surface area (Å²) in [4.78, 5) is 14.0. The van der Waals surface area contributed by atoms with E-state index < -0.39 is 5.76 Å². The van der Waals surface area contributed by atoms with Gasteiger partial charge < -0.3 is 10.2 Å². The summed E-state index contributed by atoms with van der Waals surface area (Å²) >= 11 is 0. The van der Waals surface area contributed by atoms with E-state index >= 15 is 0 Å². The summed E-state index contributed by atoms with van der Waals surface area (Å²) in [6, 6.07) is 5.84. The molecule has 1 unspecified atom stereocenters. The van der Waals surface area contributed by atoms with E-state index in [1.807, 2.05) is 19.1 Å². The molecule has 0 spiro atoms. The summed E-state index contributed by atoms with van der Waals surface area (Å²) < 4.78 is 5.06. The van der Waals surface area contributed by atoms with Crippen LogP contribution in [-0.2, 0) is 5.41 Å². The van der Waals surface area contributed by atoms with Crippen molar-refractivity contribution in [1.29, 1.82) is 0 Å². The molecule has 4 nitrogen and oxygen atoms in total. The predicted molar refractivity (Wildman–Crippen MR) is 61.4 cm³/mol. The summed E-state index contributed by atoms with van der Waals surface area (Å²) in [5.41, 5.74) is 8.62. The summed E-state index contributed by atoms with van der Waals surface area (Å²) in [5, 5.41) is 0. The Morgan fingerprint density at radius 3 is 2.88 bits per heavy atom. The van der Waals surface area contributed by atoms with E-state index in [0.717, 1.165) is 23.9 Å². The number of H-pyrrole nitrogens is 1. The summed E-state index contributed by atoms with van der Waals surface area (Å²) in [5.74, 6) is -0.400. The highest BCUT2D eigenvalue weighted by molar-refractivity contribution is 5.78. The van der Waals surface area contributed by atoms with E-state index in [1.54, 1.807) is 6.07 Å². The summed E-state index contributed by atoms with van der Waals surface area (Å²) in [7, 11) is 0. The lowest BCUT2D eigenvalue weighted by Gasteiger charge is -2.20. The Morgan fingerprint density at radius 2 is 2.25 bits per heavy atom. The maximum Gasteiger partial charge on any atom is 0.417 e. The minimum Gasteiger partial charge on any atom is -0.408 e. The van der Waals surface area contributed by atoms with Crippen molar-refractivity contribution >= 4 is 11.1 Å². The van der Waals surface area contributed by atoms with Crippen molar-refractivity contribution in [2.75, 3.05) is 0 Å². The van der Waals surface area contributed by atoms with Gasteiger partial charge in [-0.15, -0.1) is 0 Å². The number of benzene rings is 1. The van der Waals surface area contributed by atoms with Crippen molar-refractivity contribution in [2.45, 2.75) is 31.2 Å². The molecule has 3 rings (SSSR count). The number of hydrogen-bond donors (Lipinski definition) is 2. The van der Waals surface area contributed by atoms with Gasteiger partial charge in [0.1, 0.15) is 0 Å². The van der Waals surface area contributed by atoms with Crippen LogP contribution in [0.1, 0.15) is 25.3 Å². The molecule has 16 heavy (non-hydrogen) atoms. The van der Waals surface area contributed by atoms with Crippen LogP contribution < -0.4 is 11.5 Å². The molecule has 3 N–H and O–H groups in total. The molecule has 0 saturated heterocycles. The van der Waals surface area contributed by atoms with Crippen molar-refractivity contribution in [2.24, 2.45) is 5.73 Å². The highest BCUT2D eigenvalue weighted by Gasteiger charge is 2.48. The molecular formula is C12H14N2O2. The molecule has 0 aliphatic heterocycles. The van der Waals surface area contributed by atoms with Gasteiger partial charge in [-0.2, -0.15) is 0 Å². The molecule has 2 aromatic rings. The van der Waals surface area contributed by atoms with Crippen LogP contribution in [0.15, 0.2) is 27.4 Å². The Kier molecular flexibility index (Phi) is 1.80. The Bertz CT molecular complexity index is 590. The first-order valence-corrected chi connectivity index (χ1v) is 5.51. The number of nitrogens with one attached hydrogen (secondary N) is 1. The van der Waals surface area contributed by atoms with Crippen LogP contribution >= 0.6 is 0 Å². The van der Waals surface area contributed by atoms with Gasteiger partial charge in [-0.3, -0.25) is 4.98 Å².